The Balaban J connectivity index is 1.47. The number of aromatic nitrogens is 3. The summed E-state index contributed by atoms with van der Waals surface area (Å²) >= 11 is 0. The summed E-state index contributed by atoms with van der Waals surface area (Å²) in [4.78, 5) is 12.5. The summed E-state index contributed by atoms with van der Waals surface area (Å²) < 4.78 is 5.87. The van der Waals surface area contributed by atoms with E-state index in [1.165, 1.54) is 0 Å². The van der Waals surface area contributed by atoms with Crippen molar-refractivity contribution in [3.8, 4) is 17.2 Å². The highest BCUT2D eigenvalue weighted by Gasteiger charge is 2.14. The molecular formula is C25H23N7O. The maximum absolute atomic E-state index is 8.99. The second-order valence-corrected chi connectivity index (χ2v) is 7.36. The Bertz CT molecular complexity index is 1270. The molecule has 0 aliphatic rings. The number of hydrogen-bond donors (Lipinski definition) is 3. The van der Waals surface area contributed by atoms with Gasteiger partial charge in [0.05, 0.1) is 18.9 Å². The summed E-state index contributed by atoms with van der Waals surface area (Å²) in [6, 6.07) is 23.4. The number of nitrogens with two attached hydrogens (primary N) is 2. The molecular weight excluding hydrogens is 414 g/mol. The number of anilines is 3. The van der Waals surface area contributed by atoms with Crippen molar-refractivity contribution in [1.29, 1.82) is 5.26 Å². The van der Waals surface area contributed by atoms with Crippen LogP contribution in [0.3, 0.4) is 0 Å². The molecule has 0 spiro atoms. The van der Waals surface area contributed by atoms with Gasteiger partial charge >= 0.3 is 0 Å². The molecule has 0 amide bonds. The quantitative estimate of drug-likeness (QED) is 0.377. The fourth-order valence-electron chi connectivity index (χ4n) is 3.41. The lowest BCUT2D eigenvalue weighted by Gasteiger charge is -2.14. The number of pyridine rings is 1. The number of hydrogen-bond acceptors (Lipinski definition) is 8. The van der Waals surface area contributed by atoms with Gasteiger partial charge in [-0.2, -0.15) is 10.2 Å². The van der Waals surface area contributed by atoms with Crippen LogP contribution in [0.1, 0.15) is 22.5 Å². The van der Waals surface area contributed by atoms with E-state index in [0.717, 1.165) is 22.4 Å². The van der Waals surface area contributed by atoms with Crippen molar-refractivity contribution in [1.82, 2.24) is 15.0 Å². The topological polar surface area (TPSA) is 136 Å². The molecule has 0 fully saturated rings. The summed E-state index contributed by atoms with van der Waals surface area (Å²) in [5.41, 5.74) is 17.6. The van der Waals surface area contributed by atoms with Gasteiger partial charge in [-0.05, 0) is 41.0 Å². The third kappa shape index (κ3) is 5.61. The molecule has 0 atom stereocenters. The van der Waals surface area contributed by atoms with E-state index in [-0.39, 0.29) is 12.6 Å². The normalized spacial score (nSPS) is 10.5. The van der Waals surface area contributed by atoms with Crippen molar-refractivity contribution in [2.24, 2.45) is 0 Å². The van der Waals surface area contributed by atoms with Crippen molar-refractivity contribution in [3.63, 3.8) is 0 Å². The smallest absolute Gasteiger partial charge is 0.222 e. The molecule has 0 unspecified atom stereocenters. The van der Waals surface area contributed by atoms with Crippen LogP contribution in [0.4, 0.5) is 17.5 Å². The van der Waals surface area contributed by atoms with Crippen molar-refractivity contribution >= 4 is 17.5 Å². The molecule has 8 heteroatoms. The zero-order chi connectivity index (χ0) is 23.0. The average molecular weight is 438 g/mol. The number of nitriles is 1. The Morgan fingerprint density at radius 1 is 0.909 bits per heavy atom. The van der Waals surface area contributed by atoms with E-state index in [1.807, 2.05) is 66.7 Å². The number of nitrogens with zero attached hydrogens (tertiary/aromatic N) is 4. The van der Waals surface area contributed by atoms with Crippen molar-refractivity contribution < 1.29 is 4.74 Å². The fourth-order valence-corrected chi connectivity index (χ4v) is 3.41. The van der Waals surface area contributed by atoms with Crippen LogP contribution in [0.2, 0.25) is 0 Å². The molecule has 8 nitrogen and oxygen atoms in total. The van der Waals surface area contributed by atoms with Crippen LogP contribution in [-0.4, -0.2) is 15.0 Å². The molecule has 4 rings (SSSR count). The summed E-state index contributed by atoms with van der Waals surface area (Å²) in [5, 5.41) is 12.3. The van der Waals surface area contributed by atoms with Gasteiger partial charge in [-0.25, -0.2) is 9.97 Å². The lowest BCUT2D eigenvalue weighted by atomic mass is 10.0. The fraction of sp³-hybridized carbons (Fsp3) is 0.120. The second kappa shape index (κ2) is 10.2. The van der Waals surface area contributed by atoms with E-state index in [2.05, 4.69) is 20.3 Å². The van der Waals surface area contributed by atoms with Gasteiger partial charge in [0, 0.05) is 24.0 Å². The van der Waals surface area contributed by atoms with Gasteiger partial charge < -0.3 is 21.5 Å². The highest BCUT2D eigenvalue weighted by Crippen LogP contribution is 2.30. The van der Waals surface area contributed by atoms with Crippen LogP contribution in [0.5, 0.6) is 0 Å². The second-order valence-electron chi connectivity index (χ2n) is 7.36. The molecule has 2 aromatic heterocycles. The molecule has 0 saturated heterocycles. The molecule has 5 N–H and O–H groups in total. The molecule has 0 bridgehead atoms. The minimum Gasteiger partial charge on any atom is -0.383 e. The van der Waals surface area contributed by atoms with E-state index in [1.54, 1.807) is 12.3 Å². The van der Waals surface area contributed by atoms with Gasteiger partial charge in [0.15, 0.2) is 0 Å². The predicted molar refractivity (Wildman–Crippen MR) is 128 cm³/mol. The monoisotopic (exact) mass is 437 g/mol. The van der Waals surface area contributed by atoms with Crippen LogP contribution in [0.25, 0.3) is 11.1 Å². The number of benzene rings is 2. The summed E-state index contributed by atoms with van der Waals surface area (Å²) in [6.07, 6.45) is 1.63. The number of nitrogen functional groups attached to an aromatic ring is 2. The predicted octanol–water partition coefficient (Wildman–Crippen LogP) is 3.90. The zero-order valence-corrected chi connectivity index (χ0v) is 17.9. The Morgan fingerprint density at radius 3 is 2.45 bits per heavy atom. The highest BCUT2D eigenvalue weighted by molar-refractivity contribution is 5.77. The first-order valence-corrected chi connectivity index (χ1v) is 10.4. The maximum Gasteiger partial charge on any atom is 0.222 e. The van der Waals surface area contributed by atoms with Gasteiger partial charge in [0.2, 0.25) is 5.95 Å². The van der Waals surface area contributed by atoms with Gasteiger partial charge in [-0.3, -0.25) is 0 Å². The SMILES string of the molecule is N#Cc1cc(CNc2ccc(-c3c(N)nc(N)nc3COCc3ccccc3)cc2)ccn1. The summed E-state index contributed by atoms with van der Waals surface area (Å²) in [7, 11) is 0. The average Bonchev–Trinajstić information content (AvgIpc) is 2.84. The van der Waals surface area contributed by atoms with Gasteiger partial charge in [0.25, 0.3) is 0 Å². The molecule has 0 aliphatic carbocycles. The Labute approximate surface area is 191 Å². The maximum atomic E-state index is 8.99. The molecule has 0 radical (unpaired) electrons. The van der Waals surface area contributed by atoms with Crippen LogP contribution >= 0.6 is 0 Å². The third-order valence-electron chi connectivity index (χ3n) is 4.99. The Hall–Kier alpha value is -4.48. The first-order chi connectivity index (χ1) is 16.1. The number of nitrogens with one attached hydrogen (secondary N) is 1. The van der Waals surface area contributed by atoms with Crippen LogP contribution in [0.15, 0.2) is 72.9 Å². The highest BCUT2D eigenvalue weighted by atomic mass is 16.5. The van der Waals surface area contributed by atoms with E-state index >= 15 is 0 Å². The zero-order valence-electron chi connectivity index (χ0n) is 17.9. The summed E-state index contributed by atoms with van der Waals surface area (Å²) in [6.45, 7) is 1.28. The molecule has 0 saturated carbocycles. The van der Waals surface area contributed by atoms with Gasteiger partial charge in [-0.15, -0.1) is 0 Å². The third-order valence-corrected chi connectivity index (χ3v) is 4.99. The largest absolute Gasteiger partial charge is 0.383 e. The van der Waals surface area contributed by atoms with Crippen molar-refractivity contribution in [3.05, 3.63) is 95.4 Å². The van der Waals surface area contributed by atoms with E-state index in [9.17, 15) is 0 Å². The minimum atomic E-state index is 0.113. The van der Waals surface area contributed by atoms with Crippen LogP contribution < -0.4 is 16.8 Å². The number of rotatable bonds is 8. The number of ether oxygens (including phenoxy) is 1. The standard InChI is InChI=1S/C25H23N7O/c26-13-21-12-18(10-11-29-21)14-30-20-8-6-19(7-9-20)23-22(31-25(28)32-24(23)27)16-33-15-17-4-2-1-3-5-17/h1-12,30H,14-16H2,(H4,27,28,31,32). The molecule has 2 aromatic carbocycles. The van der Waals surface area contributed by atoms with Crippen LogP contribution in [0, 0.1) is 11.3 Å². The summed E-state index contributed by atoms with van der Waals surface area (Å²) in [5.74, 6) is 0.421. The molecule has 33 heavy (non-hydrogen) atoms. The molecule has 0 aliphatic heterocycles. The molecule has 164 valence electrons. The Kier molecular flexibility index (Phi) is 6.73. The molecule has 2 heterocycles. The molecule has 4 aromatic rings. The first kappa shape index (κ1) is 21.7. The van der Waals surface area contributed by atoms with Crippen molar-refractivity contribution in [2.45, 2.75) is 19.8 Å². The van der Waals surface area contributed by atoms with Gasteiger partial charge in [0.1, 0.15) is 17.6 Å². The van der Waals surface area contributed by atoms with Crippen molar-refractivity contribution in [2.75, 3.05) is 16.8 Å². The lowest BCUT2D eigenvalue weighted by molar-refractivity contribution is 0.105. The van der Waals surface area contributed by atoms with E-state index < -0.39 is 0 Å². The minimum absolute atomic E-state index is 0.113. The Morgan fingerprint density at radius 2 is 1.70 bits per heavy atom. The first-order valence-electron chi connectivity index (χ1n) is 10.4. The van der Waals surface area contributed by atoms with Crippen LogP contribution in [-0.2, 0) is 24.5 Å². The van der Waals surface area contributed by atoms with E-state index in [4.69, 9.17) is 21.5 Å². The van der Waals surface area contributed by atoms with E-state index in [0.29, 0.717) is 35.9 Å². The lowest BCUT2D eigenvalue weighted by Crippen LogP contribution is -2.08. The van der Waals surface area contributed by atoms with Gasteiger partial charge in [-0.1, -0.05) is 42.5 Å².